The fraction of sp³-hybridized carbons (Fsp3) is 0.533. The van der Waals surface area contributed by atoms with Crippen LogP contribution in [0.2, 0.25) is 10.0 Å². The third kappa shape index (κ3) is 4.08. The van der Waals surface area contributed by atoms with E-state index in [2.05, 4.69) is 23.6 Å². The lowest BCUT2D eigenvalue weighted by Gasteiger charge is -2.43. The van der Waals surface area contributed by atoms with Gasteiger partial charge in [0.15, 0.2) is 0 Å². The Hall–Kier alpha value is -0.390. The normalized spacial score (nSPS) is 17.9. The fourth-order valence-electron chi connectivity index (χ4n) is 2.53. The summed E-state index contributed by atoms with van der Waals surface area (Å²) in [6.45, 7) is 8.81. The van der Waals surface area contributed by atoms with Crippen molar-refractivity contribution >= 4 is 40.4 Å². The quantitative estimate of drug-likeness (QED) is 0.849. The molecular weight excluding hydrogens is 325 g/mol. The molecule has 1 aromatic rings. The number of rotatable bonds is 4. The molecular formula is C15H21Cl2N3S. The molecule has 2 N–H and O–H groups in total. The average Bonchev–Trinajstić information content (AvgIpc) is 2.43. The van der Waals surface area contributed by atoms with Gasteiger partial charge in [0.1, 0.15) is 0 Å². The lowest BCUT2D eigenvalue weighted by Crippen LogP contribution is -2.59. The molecule has 1 aliphatic heterocycles. The van der Waals surface area contributed by atoms with E-state index in [1.165, 1.54) is 0 Å². The van der Waals surface area contributed by atoms with E-state index >= 15 is 0 Å². The number of thiocarbonyl (C=S) groups is 1. The predicted octanol–water partition coefficient (Wildman–Crippen LogP) is 3.18. The summed E-state index contributed by atoms with van der Waals surface area (Å²) in [6, 6.07) is 5.61. The Labute approximate surface area is 142 Å². The van der Waals surface area contributed by atoms with Crippen LogP contribution in [0.15, 0.2) is 18.2 Å². The molecule has 21 heavy (non-hydrogen) atoms. The number of nitrogens with zero attached hydrogens (tertiary/aromatic N) is 2. The van der Waals surface area contributed by atoms with Gasteiger partial charge in [0.2, 0.25) is 0 Å². The zero-order chi connectivity index (χ0) is 15.6. The Morgan fingerprint density at radius 2 is 1.86 bits per heavy atom. The van der Waals surface area contributed by atoms with Crippen molar-refractivity contribution in [2.75, 3.05) is 26.2 Å². The van der Waals surface area contributed by atoms with Gasteiger partial charge in [-0.15, -0.1) is 0 Å². The molecule has 6 heteroatoms. The van der Waals surface area contributed by atoms with Crippen molar-refractivity contribution in [2.45, 2.75) is 25.9 Å². The van der Waals surface area contributed by atoms with Crippen LogP contribution in [-0.2, 0) is 6.54 Å². The Balaban J connectivity index is 1.96. The smallest absolute Gasteiger partial charge is 0.0928 e. The molecule has 0 radical (unpaired) electrons. The highest BCUT2D eigenvalue weighted by Crippen LogP contribution is 2.23. The van der Waals surface area contributed by atoms with Gasteiger partial charge in [-0.2, -0.15) is 0 Å². The van der Waals surface area contributed by atoms with Crippen LogP contribution in [0.3, 0.4) is 0 Å². The Morgan fingerprint density at radius 3 is 2.43 bits per heavy atom. The van der Waals surface area contributed by atoms with Crippen molar-refractivity contribution in [1.29, 1.82) is 0 Å². The number of halogens is 2. The molecule has 0 aliphatic carbocycles. The third-order valence-corrected chi connectivity index (χ3v) is 5.27. The van der Waals surface area contributed by atoms with E-state index in [-0.39, 0.29) is 5.54 Å². The molecule has 0 unspecified atom stereocenters. The van der Waals surface area contributed by atoms with E-state index in [0.29, 0.717) is 4.99 Å². The van der Waals surface area contributed by atoms with Crippen LogP contribution in [0.1, 0.15) is 19.4 Å². The summed E-state index contributed by atoms with van der Waals surface area (Å²) < 4.78 is 0. The highest BCUT2D eigenvalue weighted by molar-refractivity contribution is 7.80. The van der Waals surface area contributed by atoms with Gasteiger partial charge in [-0.3, -0.25) is 9.80 Å². The Bertz CT molecular complexity index is 526. The van der Waals surface area contributed by atoms with Crippen LogP contribution in [0.25, 0.3) is 0 Å². The summed E-state index contributed by atoms with van der Waals surface area (Å²) in [6.07, 6.45) is 0. The zero-order valence-corrected chi connectivity index (χ0v) is 14.7. The number of benzene rings is 1. The van der Waals surface area contributed by atoms with Crippen molar-refractivity contribution in [3.8, 4) is 0 Å². The second-order valence-corrected chi connectivity index (χ2v) is 7.21. The lowest BCUT2D eigenvalue weighted by atomic mass is 10.0. The summed E-state index contributed by atoms with van der Waals surface area (Å²) in [5.74, 6) is 0. The standard InChI is InChI=1S/C15H21Cl2N3S/c1-15(2,14(18)21)20-7-5-19(6-8-20)10-11-9-12(16)3-4-13(11)17/h3-4,9H,5-8,10H2,1-2H3,(H2,18,21). The van der Waals surface area contributed by atoms with Gasteiger partial charge < -0.3 is 5.73 Å². The molecule has 0 aromatic heterocycles. The van der Waals surface area contributed by atoms with Gasteiger partial charge in [0, 0.05) is 42.8 Å². The molecule has 0 amide bonds. The Morgan fingerprint density at radius 1 is 1.24 bits per heavy atom. The first kappa shape index (κ1) is 17.0. The van der Waals surface area contributed by atoms with Crippen LogP contribution < -0.4 is 5.73 Å². The van der Waals surface area contributed by atoms with Crippen molar-refractivity contribution < 1.29 is 0 Å². The highest BCUT2D eigenvalue weighted by Gasteiger charge is 2.32. The fourth-order valence-corrected chi connectivity index (χ4v) is 3.03. The maximum Gasteiger partial charge on any atom is 0.0928 e. The molecule has 0 spiro atoms. The number of hydrogen-bond acceptors (Lipinski definition) is 3. The third-order valence-electron chi connectivity index (χ3n) is 4.17. The van der Waals surface area contributed by atoms with Crippen molar-refractivity contribution in [2.24, 2.45) is 5.73 Å². The highest BCUT2D eigenvalue weighted by atomic mass is 35.5. The Kier molecular flexibility index (Phi) is 5.49. The van der Waals surface area contributed by atoms with Crippen LogP contribution in [0.4, 0.5) is 0 Å². The van der Waals surface area contributed by atoms with Gasteiger partial charge in [0.25, 0.3) is 0 Å². The maximum atomic E-state index is 6.23. The first-order valence-corrected chi connectivity index (χ1v) is 8.18. The van der Waals surface area contributed by atoms with Crippen molar-refractivity contribution in [1.82, 2.24) is 9.80 Å². The van der Waals surface area contributed by atoms with Crippen LogP contribution in [0.5, 0.6) is 0 Å². The molecule has 0 bridgehead atoms. The minimum absolute atomic E-state index is 0.227. The summed E-state index contributed by atoms with van der Waals surface area (Å²) in [5.41, 5.74) is 6.69. The van der Waals surface area contributed by atoms with Gasteiger partial charge in [0.05, 0.1) is 10.5 Å². The lowest BCUT2D eigenvalue weighted by molar-refractivity contribution is 0.0821. The number of piperazine rings is 1. The van der Waals surface area contributed by atoms with E-state index in [0.717, 1.165) is 48.3 Å². The van der Waals surface area contributed by atoms with E-state index in [4.69, 9.17) is 41.2 Å². The topological polar surface area (TPSA) is 32.5 Å². The number of hydrogen-bond donors (Lipinski definition) is 1. The van der Waals surface area contributed by atoms with Gasteiger partial charge in [-0.25, -0.2) is 0 Å². The first-order chi connectivity index (χ1) is 9.80. The minimum atomic E-state index is -0.227. The monoisotopic (exact) mass is 345 g/mol. The predicted molar refractivity (Wildman–Crippen MR) is 94.2 cm³/mol. The summed E-state index contributed by atoms with van der Waals surface area (Å²) in [5, 5.41) is 1.49. The minimum Gasteiger partial charge on any atom is -0.392 e. The molecule has 0 saturated carbocycles. The van der Waals surface area contributed by atoms with E-state index in [1.807, 2.05) is 18.2 Å². The molecule has 3 nitrogen and oxygen atoms in total. The summed E-state index contributed by atoms with van der Waals surface area (Å²) >= 11 is 17.4. The SMILES string of the molecule is CC(C)(C(N)=S)N1CCN(Cc2cc(Cl)ccc2Cl)CC1. The van der Waals surface area contributed by atoms with Crippen LogP contribution >= 0.6 is 35.4 Å². The van der Waals surface area contributed by atoms with Crippen molar-refractivity contribution in [3.05, 3.63) is 33.8 Å². The van der Waals surface area contributed by atoms with Gasteiger partial charge >= 0.3 is 0 Å². The van der Waals surface area contributed by atoms with Gasteiger partial charge in [-0.1, -0.05) is 35.4 Å². The largest absolute Gasteiger partial charge is 0.392 e. The molecule has 0 atom stereocenters. The van der Waals surface area contributed by atoms with E-state index in [1.54, 1.807) is 0 Å². The van der Waals surface area contributed by atoms with Crippen LogP contribution in [0, 0.1) is 0 Å². The van der Waals surface area contributed by atoms with Crippen LogP contribution in [-0.4, -0.2) is 46.5 Å². The van der Waals surface area contributed by atoms with Crippen molar-refractivity contribution in [3.63, 3.8) is 0 Å². The van der Waals surface area contributed by atoms with Gasteiger partial charge in [-0.05, 0) is 37.6 Å². The molecule has 1 aromatic carbocycles. The van der Waals surface area contributed by atoms with E-state index in [9.17, 15) is 0 Å². The first-order valence-electron chi connectivity index (χ1n) is 7.02. The second-order valence-electron chi connectivity index (χ2n) is 5.92. The maximum absolute atomic E-state index is 6.23. The molecule has 116 valence electrons. The molecule has 1 aliphatic rings. The molecule has 1 heterocycles. The molecule has 2 rings (SSSR count). The molecule has 1 saturated heterocycles. The average molecular weight is 346 g/mol. The summed E-state index contributed by atoms with van der Waals surface area (Å²) in [4.78, 5) is 5.27. The second kappa shape index (κ2) is 6.80. The molecule has 1 fully saturated rings. The number of nitrogens with two attached hydrogens (primary N) is 1. The zero-order valence-electron chi connectivity index (χ0n) is 12.4. The van der Waals surface area contributed by atoms with E-state index < -0.39 is 0 Å². The summed E-state index contributed by atoms with van der Waals surface area (Å²) in [7, 11) is 0.